The molecule has 96 valence electrons. The van der Waals surface area contributed by atoms with Crippen molar-refractivity contribution in [2.45, 2.75) is 24.0 Å². The summed E-state index contributed by atoms with van der Waals surface area (Å²) in [5.74, 6) is 2.19. The smallest absolute Gasteiger partial charge is 0.256 e. The molecule has 0 N–H and O–H groups in total. The van der Waals surface area contributed by atoms with Gasteiger partial charge in [0.1, 0.15) is 5.76 Å². The minimum Gasteiger partial charge on any atom is -0.437 e. The molecule has 1 atom stereocenters. The Morgan fingerprint density at radius 3 is 2.61 bits per heavy atom. The third-order valence-corrected chi connectivity index (χ3v) is 4.97. The molecule has 2 aromatic rings. The molecule has 3 nitrogen and oxygen atoms in total. The third kappa shape index (κ3) is 3.46. The fourth-order valence-corrected chi connectivity index (χ4v) is 3.60. The number of nitrogens with zero attached hydrogens (tertiary/aromatic N) is 1. The Hall–Kier alpha value is -1.07. The fraction of sp³-hybridized carbons (Fsp3) is 0.308. The van der Waals surface area contributed by atoms with E-state index in [1.165, 1.54) is 11.8 Å². The van der Waals surface area contributed by atoms with Crippen LogP contribution in [-0.2, 0) is 10.8 Å². The quantitative estimate of drug-likeness (QED) is 0.789. The zero-order valence-electron chi connectivity index (χ0n) is 10.4. The van der Waals surface area contributed by atoms with Gasteiger partial charge >= 0.3 is 0 Å². The highest BCUT2D eigenvalue weighted by Gasteiger charge is 2.08. The van der Waals surface area contributed by atoms with E-state index >= 15 is 0 Å². The van der Waals surface area contributed by atoms with Gasteiger partial charge in [-0.15, -0.1) is 0 Å². The standard InChI is InChI=1S/C13H15NO2S2/c1-10-11(2)16-13(14-10)17-8-9-18(15)12-6-4-3-5-7-12/h3-7H,8-9H2,1-2H3. The van der Waals surface area contributed by atoms with E-state index in [2.05, 4.69) is 4.98 Å². The predicted molar refractivity (Wildman–Crippen MR) is 74.4 cm³/mol. The van der Waals surface area contributed by atoms with Crippen LogP contribution in [0.4, 0.5) is 0 Å². The molecule has 0 amide bonds. The molecule has 0 saturated heterocycles. The summed E-state index contributed by atoms with van der Waals surface area (Å²) in [7, 11) is -0.946. The Labute approximate surface area is 113 Å². The van der Waals surface area contributed by atoms with Gasteiger partial charge in [-0.2, -0.15) is 0 Å². The van der Waals surface area contributed by atoms with Crippen molar-refractivity contribution < 1.29 is 8.63 Å². The Morgan fingerprint density at radius 1 is 1.28 bits per heavy atom. The number of thioether (sulfide) groups is 1. The van der Waals surface area contributed by atoms with Crippen LogP contribution in [0.25, 0.3) is 0 Å². The molecule has 18 heavy (non-hydrogen) atoms. The minimum absolute atomic E-state index is 0.606. The van der Waals surface area contributed by atoms with Gasteiger partial charge in [0.2, 0.25) is 0 Å². The van der Waals surface area contributed by atoms with Crippen molar-refractivity contribution in [3.05, 3.63) is 41.8 Å². The van der Waals surface area contributed by atoms with Crippen LogP contribution >= 0.6 is 11.8 Å². The average Bonchev–Trinajstić information content (AvgIpc) is 2.69. The first-order valence-electron chi connectivity index (χ1n) is 5.67. The van der Waals surface area contributed by atoms with Gasteiger partial charge < -0.3 is 4.42 Å². The van der Waals surface area contributed by atoms with E-state index in [-0.39, 0.29) is 0 Å². The Kier molecular flexibility index (Phi) is 4.60. The second kappa shape index (κ2) is 6.20. The summed E-state index contributed by atoms with van der Waals surface area (Å²) in [5.41, 5.74) is 0.918. The summed E-state index contributed by atoms with van der Waals surface area (Å²) < 4.78 is 17.4. The molecule has 1 aromatic heterocycles. The number of hydrogen-bond acceptors (Lipinski definition) is 4. The molecule has 2 rings (SSSR count). The average molecular weight is 281 g/mol. The van der Waals surface area contributed by atoms with Crippen LogP contribution < -0.4 is 0 Å². The van der Waals surface area contributed by atoms with E-state index < -0.39 is 10.8 Å². The summed E-state index contributed by atoms with van der Waals surface area (Å²) in [6, 6.07) is 9.51. The van der Waals surface area contributed by atoms with E-state index in [0.29, 0.717) is 11.0 Å². The van der Waals surface area contributed by atoms with Crippen molar-refractivity contribution in [2.24, 2.45) is 0 Å². The number of aryl methyl sites for hydroxylation is 2. The van der Waals surface area contributed by atoms with Crippen LogP contribution in [-0.4, -0.2) is 20.7 Å². The van der Waals surface area contributed by atoms with E-state index in [4.69, 9.17) is 4.42 Å². The second-order valence-electron chi connectivity index (χ2n) is 3.83. The molecule has 1 aromatic carbocycles. The molecule has 0 aliphatic carbocycles. The lowest BCUT2D eigenvalue weighted by atomic mass is 10.4. The molecule has 1 heterocycles. The fourth-order valence-electron chi connectivity index (χ4n) is 1.40. The molecule has 5 heteroatoms. The Morgan fingerprint density at radius 2 is 2.00 bits per heavy atom. The first kappa shape index (κ1) is 13.4. The zero-order chi connectivity index (χ0) is 13.0. The van der Waals surface area contributed by atoms with Crippen molar-refractivity contribution in [1.82, 2.24) is 4.98 Å². The molecule has 1 unspecified atom stereocenters. The predicted octanol–water partition coefficient (Wildman–Crippen LogP) is 3.19. The maximum Gasteiger partial charge on any atom is 0.256 e. The van der Waals surface area contributed by atoms with Crippen LogP contribution in [0.1, 0.15) is 11.5 Å². The highest BCUT2D eigenvalue weighted by molar-refractivity contribution is 8.00. The number of benzene rings is 1. The molecule has 0 aliphatic heterocycles. The maximum atomic E-state index is 12.0. The monoisotopic (exact) mass is 281 g/mol. The van der Waals surface area contributed by atoms with Crippen LogP contribution in [0.5, 0.6) is 0 Å². The molecule has 0 fully saturated rings. The summed E-state index contributed by atoms with van der Waals surface area (Å²) in [6.07, 6.45) is 0. The molecule has 0 bridgehead atoms. The number of oxazole rings is 1. The van der Waals surface area contributed by atoms with Crippen molar-refractivity contribution in [2.75, 3.05) is 11.5 Å². The van der Waals surface area contributed by atoms with Crippen LogP contribution in [0, 0.1) is 13.8 Å². The van der Waals surface area contributed by atoms with Gasteiger partial charge in [-0.1, -0.05) is 30.0 Å². The van der Waals surface area contributed by atoms with Gasteiger partial charge in [-0.05, 0) is 26.0 Å². The van der Waals surface area contributed by atoms with Crippen LogP contribution in [0.3, 0.4) is 0 Å². The summed E-state index contributed by atoms with van der Waals surface area (Å²) in [4.78, 5) is 5.15. The zero-order valence-corrected chi connectivity index (χ0v) is 12.0. The van der Waals surface area contributed by atoms with Crippen molar-refractivity contribution in [3.63, 3.8) is 0 Å². The largest absolute Gasteiger partial charge is 0.437 e. The molecule has 0 radical (unpaired) electrons. The van der Waals surface area contributed by atoms with Crippen LogP contribution in [0.15, 0.2) is 44.9 Å². The van der Waals surface area contributed by atoms with E-state index in [9.17, 15) is 4.21 Å². The SMILES string of the molecule is Cc1nc(SCCS(=O)c2ccccc2)oc1C. The number of rotatable bonds is 5. The van der Waals surface area contributed by atoms with E-state index in [1.54, 1.807) is 0 Å². The molecular weight excluding hydrogens is 266 g/mol. The Balaban J connectivity index is 1.84. The summed E-state index contributed by atoms with van der Waals surface area (Å²) in [6.45, 7) is 3.82. The van der Waals surface area contributed by atoms with Gasteiger partial charge in [-0.25, -0.2) is 4.98 Å². The number of aromatic nitrogens is 1. The van der Waals surface area contributed by atoms with Crippen molar-refractivity contribution in [3.8, 4) is 0 Å². The lowest BCUT2D eigenvalue weighted by Gasteiger charge is -2.00. The molecular formula is C13H15NO2S2. The Bertz CT molecular complexity index is 518. The summed E-state index contributed by atoms with van der Waals surface area (Å²) >= 11 is 1.51. The normalized spacial score (nSPS) is 12.6. The summed E-state index contributed by atoms with van der Waals surface area (Å²) in [5, 5.41) is 0.662. The maximum absolute atomic E-state index is 12.0. The van der Waals surface area contributed by atoms with Gasteiger partial charge in [0.05, 0.1) is 16.5 Å². The lowest BCUT2D eigenvalue weighted by Crippen LogP contribution is -2.00. The minimum atomic E-state index is -0.946. The first-order valence-corrected chi connectivity index (χ1v) is 7.97. The van der Waals surface area contributed by atoms with Gasteiger partial charge in [0, 0.05) is 16.4 Å². The first-order chi connectivity index (χ1) is 8.66. The van der Waals surface area contributed by atoms with Gasteiger partial charge in [0.25, 0.3) is 5.22 Å². The van der Waals surface area contributed by atoms with E-state index in [1.807, 2.05) is 44.2 Å². The molecule has 0 saturated carbocycles. The highest BCUT2D eigenvalue weighted by atomic mass is 32.2. The number of hydrogen-bond donors (Lipinski definition) is 0. The van der Waals surface area contributed by atoms with Crippen molar-refractivity contribution >= 4 is 22.6 Å². The van der Waals surface area contributed by atoms with E-state index in [0.717, 1.165) is 22.1 Å². The lowest BCUT2D eigenvalue weighted by molar-refractivity contribution is 0.431. The van der Waals surface area contributed by atoms with Crippen molar-refractivity contribution in [1.29, 1.82) is 0 Å². The second-order valence-corrected chi connectivity index (χ2v) is 6.45. The topological polar surface area (TPSA) is 43.1 Å². The highest BCUT2D eigenvalue weighted by Crippen LogP contribution is 2.20. The molecule has 0 aliphatic rings. The van der Waals surface area contributed by atoms with Gasteiger partial charge in [0.15, 0.2) is 0 Å². The molecule has 0 spiro atoms. The third-order valence-electron chi connectivity index (χ3n) is 2.51. The van der Waals surface area contributed by atoms with Gasteiger partial charge in [-0.3, -0.25) is 4.21 Å². The van der Waals surface area contributed by atoms with Crippen LogP contribution in [0.2, 0.25) is 0 Å².